The van der Waals surface area contributed by atoms with Crippen molar-refractivity contribution in [1.82, 2.24) is 0 Å². The van der Waals surface area contributed by atoms with Gasteiger partial charge in [-0.15, -0.1) is 0 Å². The Labute approximate surface area is 157 Å². The molecule has 0 aromatic heterocycles. The van der Waals surface area contributed by atoms with Gasteiger partial charge in [0.05, 0.1) is 30.2 Å². The summed E-state index contributed by atoms with van der Waals surface area (Å²) in [6.45, 7) is 3.93. The van der Waals surface area contributed by atoms with Crippen LogP contribution in [0.3, 0.4) is 0 Å². The van der Waals surface area contributed by atoms with Crippen molar-refractivity contribution in [2.24, 2.45) is 11.8 Å². The van der Waals surface area contributed by atoms with Crippen molar-refractivity contribution in [3.63, 3.8) is 0 Å². The molecule has 2 aromatic carbocycles. The highest BCUT2D eigenvalue weighted by molar-refractivity contribution is 6.06. The molecule has 0 radical (unpaired) electrons. The van der Waals surface area contributed by atoms with E-state index < -0.39 is 11.9 Å². The Balaban J connectivity index is 1.62. The minimum Gasteiger partial charge on any atom is -0.465 e. The van der Waals surface area contributed by atoms with E-state index in [4.69, 9.17) is 4.74 Å². The van der Waals surface area contributed by atoms with Crippen molar-refractivity contribution < 1.29 is 19.1 Å². The Morgan fingerprint density at radius 3 is 2.19 bits per heavy atom. The number of anilines is 2. The van der Waals surface area contributed by atoms with Crippen LogP contribution in [-0.2, 0) is 14.3 Å². The Bertz CT molecular complexity index is 907. The number of hydrogen-bond donors (Lipinski definition) is 2. The molecular formula is C21H22N2O4. The van der Waals surface area contributed by atoms with E-state index in [9.17, 15) is 14.4 Å². The lowest BCUT2D eigenvalue weighted by molar-refractivity contribution is -0.122. The molecular weight excluding hydrogens is 344 g/mol. The summed E-state index contributed by atoms with van der Waals surface area (Å²) in [5.41, 5.74) is 3.53. The van der Waals surface area contributed by atoms with Crippen LogP contribution in [0.1, 0.15) is 27.9 Å². The molecule has 27 heavy (non-hydrogen) atoms. The molecule has 1 aliphatic rings. The quantitative estimate of drug-likeness (QED) is 0.795. The first-order chi connectivity index (χ1) is 12.9. The lowest BCUT2D eigenvalue weighted by atomic mass is 10.1. The van der Waals surface area contributed by atoms with E-state index in [1.54, 1.807) is 24.3 Å². The Morgan fingerprint density at radius 2 is 1.56 bits per heavy atom. The molecule has 2 unspecified atom stereocenters. The van der Waals surface area contributed by atoms with Gasteiger partial charge in [0.15, 0.2) is 0 Å². The highest BCUT2D eigenvalue weighted by Gasteiger charge is 2.48. The fourth-order valence-corrected chi connectivity index (χ4v) is 3.06. The molecule has 2 N–H and O–H groups in total. The molecule has 3 rings (SSSR count). The molecule has 0 aliphatic heterocycles. The summed E-state index contributed by atoms with van der Waals surface area (Å²) in [5, 5.41) is 5.63. The van der Waals surface area contributed by atoms with E-state index in [1.807, 2.05) is 32.0 Å². The van der Waals surface area contributed by atoms with Crippen molar-refractivity contribution in [3.05, 3.63) is 59.2 Å². The number of esters is 1. The van der Waals surface area contributed by atoms with Crippen molar-refractivity contribution in [3.8, 4) is 0 Å². The molecule has 2 atom stereocenters. The van der Waals surface area contributed by atoms with Gasteiger partial charge in [-0.1, -0.05) is 29.8 Å². The van der Waals surface area contributed by atoms with E-state index in [-0.39, 0.29) is 23.3 Å². The summed E-state index contributed by atoms with van der Waals surface area (Å²) >= 11 is 0. The molecule has 1 fully saturated rings. The first-order valence-electron chi connectivity index (χ1n) is 8.77. The molecule has 0 spiro atoms. The monoisotopic (exact) mass is 366 g/mol. The molecule has 0 heterocycles. The predicted octanol–water partition coefficient (Wildman–Crippen LogP) is 3.30. The van der Waals surface area contributed by atoms with Gasteiger partial charge < -0.3 is 15.4 Å². The average Bonchev–Trinajstić information content (AvgIpc) is 3.45. The largest absolute Gasteiger partial charge is 0.465 e. The number of aryl methyl sites for hydroxylation is 2. The van der Waals surface area contributed by atoms with Crippen molar-refractivity contribution in [2.75, 3.05) is 17.7 Å². The number of carbonyl (C=O) groups excluding carboxylic acids is 3. The number of hydrogen-bond acceptors (Lipinski definition) is 4. The first-order valence-corrected chi connectivity index (χ1v) is 8.77. The number of rotatable bonds is 5. The van der Waals surface area contributed by atoms with Gasteiger partial charge in [0.25, 0.3) is 0 Å². The smallest absolute Gasteiger partial charge is 0.339 e. The number of amides is 2. The number of ether oxygens (including phenoxy) is 1. The zero-order valence-corrected chi connectivity index (χ0v) is 15.5. The van der Waals surface area contributed by atoms with Crippen molar-refractivity contribution in [1.29, 1.82) is 0 Å². The zero-order chi connectivity index (χ0) is 19.6. The van der Waals surface area contributed by atoms with Crippen LogP contribution in [0.15, 0.2) is 42.5 Å². The SMILES string of the molecule is COC(=O)c1ccccc1NC(=O)C1CC1C(=O)Nc1ccc(C)cc1C. The highest BCUT2D eigenvalue weighted by Crippen LogP contribution is 2.40. The minimum atomic E-state index is -0.522. The van der Waals surface area contributed by atoms with Gasteiger partial charge in [0.1, 0.15) is 0 Å². The predicted molar refractivity (Wildman–Crippen MR) is 103 cm³/mol. The van der Waals surface area contributed by atoms with Gasteiger partial charge in [-0.05, 0) is 44.0 Å². The lowest BCUT2D eigenvalue weighted by Gasteiger charge is -2.10. The van der Waals surface area contributed by atoms with E-state index in [1.165, 1.54) is 7.11 Å². The number of benzene rings is 2. The maximum absolute atomic E-state index is 12.5. The number of para-hydroxylation sites is 1. The van der Waals surface area contributed by atoms with Crippen molar-refractivity contribution in [2.45, 2.75) is 20.3 Å². The van der Waals surface area contributed by atoms with Crippen LogP contribution in [0.25, 0.3) is 0 Å². The minimum absolute atomic E-state index is 0.164. The summed E-state index contributed by atoms with van der Waals surface area (Å²) in [5.74, 6) is -1.72. The van der Waals surface area contributed by atoms with Gasteiger partial charge in [0.2, 0.25) is 11.8 Å². The summed E-state index contributed by atoms with van der Waals surface area (Å²) in [6, 6.07) is 12.4. The Hall–Kier alpha value is -3.15. The molecule has 6 nitrogen and oxygen atoms in total. The van der Waals surface area contributed by atoms with Gasteiger partial charge in [-0.2, -0.15) is 0 Å². The zero-order valence-electron chi connectivity index (χ0n) is 15.5. The summed E-state index contributed by atoms with van der Waals surface area (Å²) in [7, 11) is 1.29. The maximum Gasteiger partial charge on any atom is 0.339 e. The number of methoxy groups -OCH3 is 1. The molecule has 6 heteroatoms. The van der Waals surface area contributed by atoms with Gasteiger partial charge in [0, 0.05) is 5.69 Å². The molecule has 2 aromatic rings. The van der Waals surface area contributed by atoms with Gasteiger partial charge >= 0.3 is 5.97 Å². The third-order valence-corrected chi connectivity index (χ3v) is 4.69. The fourth-order valence-electron chi connectivity index (χ4n) is 3.06. The Morgan fingerprint density at radius 1 is 0.926 bits per heavy atom. The van der Waals surface area contributed by atoms with E-state index in [2.05, 4.69) is 10.6 Å². The molecule has 1 aliphatic carbocycles. The van der Waals surface area contributed by atoms with Crippen LogP contribution in [0.2, 0.25) is 0 Å². The van der Waals surface area contributed by atoms with Crippen LogP contribution in [0.4, 0.5) is 11.4 Å². The normalized spacial score (nSPS) is 17.7. The van der Waals surface area contributed by atoms with Crippen LogP contribution in [0.5, 0.6) is 0 Å². The van der Waals surface area contributed by atoms with Crippen molar-refractivity contribution >= 4 is 29.2 Å². The van der Waals surface area contributed by atoms with Crippen LogP contribution >= 0.6 is 0 Å². The topological polar surface area (TPSA) is 84.5 Å². The number of nitrogens with one attached hydrogen (secondary N) is 2. The summed E-state index contributed by atoms with van der Waals surface area (Å²) < 4.78 is 4.73. The van der Waals surface area contributed by atoms with E-state index in [0.29, 0.717) is 12.1 Å². The van der Waals surface area contributed by atoms with Gasteiger partial charge in [-0.25, -0.2) is 4.79 Å². The lowest BCUT2D eigenvalue weighted by Crippen LogP contribution is -2.21. The van der Waals surface area contributed by atoms with Crippen LogP contribution in [0, 0.1) is 25.7 Å². The second-order valence-corrected chi connectivity index (χ2v) is 6.78. The highest BCUT2D eigenvalue weighted by atomic mass is 16.5. The summed E-state index contributed by atoms with van der Waals surface area (Å²) in [4.78, 5) is 36.7. The fraction of sp³-hybridized carbons (Fsp3) is 0.286. The maximum atomic E-state index is 12.5. The standard InChI is InChI=1S/C21H22N2O4/c1-12-8-9-17(13(2)10-12)22-19(24)15-11-16(15)20(25)23-18-7-5-4-6-14(18)21(26)27-3/h4-10,15-16H,11H2,1-3H3,(H,22,24)(H,23,25). The van der Waals surface area contributed by atoms with Crippen LogP contribution < -0.4 is 10.6 Å². The molecule has 0 saturated heterocycles. The molecule has 0 bridgehead atoms. The second-order valence-electron chi connectivity index (χ2n) is 6.78. The summed E-state index contributed by atoms with van der Waals surface area (Å²) in [6.07, 6.45) is 0.489. The van der Waals surface area contributed by atoms with E-state index in [0.717, 1.165) is 16.8 Å². The Kier molecular flexibility index (Phi) is 5.26. The van der Waals surface area contributed by atoms with Gasteiger partial charge in [-0.3, -0.25) is 9.59 Å². The second kappa shape index (κ2) is 7.61. The van der Waals surface area contributed by atoms with E-state index >= 15 is 0 Å². The molecule has 1 saturated carbocycles. The average molecular weight is 366 g/mol. The molecule has 140 valence electrons. The van der Waals surface area contributed by atoms with Crippen LogP contribution in [-0.4, -0.2) is 24.9 Å². The number of carbonyl (C=O) groups is 3. The third kappa shape index (κ3) is 4.16. The first kappa shape index (κ1) is 18.6. The molecule has 2 amide bonds. The third-order valence-electron chi connectivity index (χ3n) is 4.69.